The van der Waals surface area contributed by atoms with E-state index < -0.39 is 0 Å². The van der Waals surface area contributed by atoms with Gasteiger partial charge in [0.05, 0.1) is 0 Å². The number of hydrogen-bond donors (Lipinski definition) is 1. The summed E-state index contributed by atoms with van der Waals surface area (Å²) in [5.41, 5.74) is 2.89. The van der Waals surface area contributed by atoms with Crippen molar-refractivity contribution in [2.24, 2.45) is 0 Å². The van der Waals surface area contributed by atoms with Crippen molar-refractivity contribution in [2.45, 2.75) is 6.42 Å². The van der Waals surface area contributed by atoms with Crippen LogP contribution in [0.1, 0.15) is 12.0 Å². The Hall–Kier alpha value is -0.600. The second kappa shape index (κ2) is 3.20. The van der Waals surface area contributed by atoms with Crippen molar-refractivity contribution in [3.8, 4) is 0 Å². The van der Waals surface area contributed by atoms with Crippen molar-refractivity contribution < 1.29 is 0 Å². The molecule has 0 atom stereocenters. The first kappa shape index (κ1) is 7.07. The van der Waals surface area contributed by atoms with Crippen molar-refractivity contribution >= 4 is 17.4 Å². The molecule has 2 heteroatoms. The van der Waals surface area contributed by atoms with Gasteiger partial charge in [0.1, 0.15) is 0 Å². The van der Waals surface area contributed by atoms with E-state index in [1.165, 1.54) is 17.6 Å². The monoisotopic (exact) mass is 165 g/mol. The molecule has 1 saturated heterocycles. The molecule has 11 heavy (non-hydrogen) atoms. The summed E-state index contributed by atoms with van der Waals surface area (Å²) in [4.78, 5) is 0. The van der Waals surface area contributed by atoms with Gasteiger partial charge in [0.25, 0.3) is 0 Å². The Morgan fingerprint density at radius 3 is 3.18 bits per heavy atom. The summed E-state index contributed by atoms with van der Waals surface area (Å²) in [6.45, 7) is 2.23. The normalized spacial score (nSPS) is 21.3. The molecule has 0 spiro atoms. The molecule has 0 amide bonds. The third-order valence-corrected chi connectivity index (χ3v) is 2.59. The van der Waals surface area contributed by atoms with Gasteiger partial charge in [0, 0.05) is 6.54 Å². The first-order valence-electron chi connectivity index (χ1n) is 3.87. The topological polar surface area (TPSA) is 12.0 Å². The standard InChI is InChI=1S/C9H11NS/c1-3-10-6-8(1)5-9-2-4-11-7-9/h2,4-5,7,10H,1,3,6H2/b8-5-. The molecule has 0 bridgehead atoms. The first-order valence-corrected chi connectivity index (χ1v) is 4.82. The summed E-state index contributed by atoms with van der Waals surface area (Å²) in [6, 6.07) is 2.16. The van der Waals surface area contributed by atoms with Crippen molar-refractivity contribution in [1.29, 1.82) is 0 Å². The van der Waals surface area contributed by atoms with E-state index in [2.05, 4.69) is 28.2 Å². The van der Waals surface area contributed by atoms with Crippen LogP contribution in [0.3, 0.4) is 0 Å². The summed E-state index contributed by atoms with van der Waals surface area (Å²) >= 11 is 1.76. The van der Waals surface area contributed by atoms with Gasteiger partial charge in [-0.25, -0.2) is 0 Å². The minimum atomic E-state index is 1.08. The van der Waals surface area contributed by atoms with Gasteiger partial charge >= 0.3 is 0 Å². The van der Waals surface area contributed by atoms with E-state index in [-0.39, 0.29) is 0 Å². The zero-order chi connectivity index (χ0) is 7.52. The minimum Gasteiger partial charge on any atom is -0.313 e. The number of nitrogens with one attached hydrogen (secondary N) is 1. The number of hydrogen-bond acceptors (Lipinski definition) is 2. The Balaban J connectivity index is 2.13. The van der Waals surface area contributed by atoms with Crippen LogP contribution in [0.5, 0.6) is 0 Å². The van der Waals surface area contributed by atoms with Crippen molar-refractivity contribution in [1.82, 2.24) is 5.32 Å². The molecule has 0 aliphatic carbocycles. The smallest absolute Gasteiger partial charge is 0.0168 e. The van der Waals surface area contributed by atoms with E-state index in [4.69, 9.17) is 0 Å². The van der Waals surface area contributed by atoms with Crippen LogP contribution in [-0.4, -0.2) is 13.1 Å². The summed E-state index contributed by atoms with van der Waals surface area (Å²) in [5, 5.41) is 7.63. The Kier molecular flexibility index (Phi) is 2.06. The molecule has 0 unspecified atom stereocenters. The lowest BCUT2D eigenvalue weighted by Crippen LogP contribution is -2.04. The average Bonchev–Trinajstić information content (AvgIpc) is 2.60. The predicted octanol–water partition coefficient (Wildman–Crippen LogP) is 2.12. The maximum Gasteiger partial charge on any atom is 0.0168 e. The zero-order valence-corrected chi connectivity index (χ0v) is 7.16. The van der Waals surface area contributed by atoms with Crippen LogP contribution >= 0.6 is 11.3 Å². The van der Waals surface area contributed by atoms with E-state index in [0.29, 0.717) is 0 Å². The molecule has 2 rings (SSSR count). The number of rotatable bonds is 1. The highest BCUT2D eigenvalue weighted by molar-refractivity contribution is 7.08. The molecule has 2 heterocycles. The quantitative estimate of drug-likeness (QED) is 0.672. The van der Waals surface area contributed by atoms with Crippen LogP contribution in [-0.2, 0) is 0 Å². The largest absolute Gasteiger partial charge is 0.313 e. The van der Waals surface area contributed by atoms with Gasteiger partial charge in [-0.2, -0.15) is 11.3 Å². The van der Waals surface area contributed by atoms with Crippen molar-refractivity contribution in [3.05, 3.63) is 28.0 Å². The van der Waals surface area contributed by atoms with Gasteiger partial charge < -0.3 is 5.32 Å². The molecular weight excluding hydrogens is 154 g/mol. The van der Waals surface area contributed by atoms with Crippen LogP contribution in [0.15, 0.2) is 22.4 Å². The SMILES string of the molecule is C(=C1\CCNC1)/c1ccsc1. The maximum absolute atomic E-state index is 3.32. The molecule has 1 aliphatic rings. The predicted molar refractivity (Wildman–Crippen MR) is 49.8 cm³/mol. The Morgan fingerprint density at radius 2 is 2.55 bits per heavy atom. The van der Waals surface area contributed by atoms with Crippen LogP contribution in [0.2, 0.25) is 0 Å². The van der Waals surface area contributed by atoms with Gasteiger partial charge in [-0.15, -0.1) is 0 Å². The lowest BCUT2D eigenvalue weighted by molar-refractivity contribution is 0.862. The maximum atomic E-state index is 3.32. The zero-order valence-electron chi connectivity index (χ0n) is 6.34. The lowest BCUT2D eigenvalue weighted by atomic mass is 10.2. The molecular formula is C9H11NS. The fourth-order valence-corrected chi connectivity index (χ4v) is 1.92. The molecule has 0 aromatic carbocycles. The summed E-state index contributed by atoms with van der Waals surface area (Å²) in [6.07, 6.45) is 3.51. The second-order valence-corrected chi connectivity index (χ2v) is 3.57. The van der Waals surface area contributed by atoms with Crippen LogP contribution < -0.4 is 5.32 Å². The molecule has 1 nitrogen and oxygen atoms in total. The van der Waals surface area contributed by atoms with Gasteiger partial charge in [-0.05, 0) is 35.4 Å². The highest BCUT2D eigenvalue weighted by atomic mass is 32.1. The van der Waals surface area contributed by atoms with Gasteiger partial charge in [-0.3, -0.25) is 0 Å². The Bertz CT molecular complexity index is 241. The van der Waals surface area contributed by atoms with Crippen LogP contribution in [0, 0.1) is 0 Å². The minimum absolute atomic E-state index is 1.08. The van der Waals surface area contributed by atoms with E-state index in [0.717, 1.165) is 13.1 Å². The first-order chi connectivity index (χ1) is 5.45. The van der Waals surface area contributed by atoms with E-state index >= 15 is 0 Å². The summed E-state index contributed by atoms with van der Waals surface area (Å²) < 4.78 is 0. The fourth-order valence-electron chi connectivity index (χ4n) is 1.30. The summed E-state index contributed by atoms with van der Waals surface area (Å²) in [5.74, 6) is 0. The summed E-state index contributed by atoms with van der Waals surface area (Å²) in [7, 11) is 0. The number of thiophene rings is 1. The van der Waals surface area contributed by atoms with E-state index in [9.17, 15) is 0 Å². The second-order valence-electron chi connectivity index (χ2n) is 2.79. The molecule has 1 aliphatic heterocycles. The van der Waals surface area contributed by atoms with Crippen molar-refractivity contribution in [3.63, 3.8) is 0 Å². The molecule has 0 saturated carbocycles. The van der Waals surface area contributed by atoms with Gasteiger partial charge in [0.15, 0.2) is 0 Å². The highest BCUT2D eigenvalue weighted by Gasteiger charge is 2.04. The van der Waals surface area contributed by atoms with E-state index in [1.807, 2.05) is 0 Å². The highest BCUT2D eigenvalue weighted by Crippen LogP contribution is 2.14. The van der Waals surface area contributed by atoms with Crippen molar-refractivity contribution in [2.75, 3.05) is 13.1 Å². The Morgan fingerprint density at radius 1 is 1.55 bits per heavy atom. The molecule has 58 valence electrons. The van der Waals surface area contributed by atoms with Crippen LogP contribution in [0.4, 0.5) is 0 Å². The fraction of sp³-hybridized carbons (Fsp3) is 0.333. The molecule has 1 N–H and O–H groups in total. The Labute approximate surface area is 70.8 Å². The molecule has 1 aromatic rings. The third-order valence-electron chi connectivity index (χ3n) is 1.89. The third kappa shape index (κ3) is 1.70. The van der Waals surface area contributed by atoms with Crippen LogP contribution in [0.25, 0.3) is 6.08 Å². The van der Waals surface area contributed by atoms with E-state index in [1.54, 1.807) is 11.3 Å². The van der Waals surface area contributed by atoms with Gasteiger partial charge in [-0.1, -0.05) is 11.6 Å². The lowest BCUT2D eigenvalue weighted by Gasteiger charge is -1.90. The molecule has 1 fully saturated rings. The van der Waals surface area contributed by atoms with Gasteiger partial charge in [0.2, 0.25) is 0 Å². The molecule has 1 aromatic heterocycles. The average molecular weight is 165 g/mol. The molecule has 0 radical (unpaired) electrons.